The van der Waals surface area contributed by atoms with E-state index in [1.165, 1.54) is 0 Å². The van der Waals surface area contributed by atoms with Gasteiger partial charge in [0.2, 0.25) is 0 Å². The summed E-state index contributed by atoms with van der Waals surface area (Å²) in [5, 5.41) is 0. The summed E-state index contributed by atoms with van der Waals surface area (Å²) in [5.74, 6) is 0. The molecule has 3 heteroatoms. The molecular weight excluding hydrogens is 143 g/mol. The first kappa shape index (κ1) is 10.8. The maximum atomic E-state index is 4.66. The van der Waals surface area contributed by atoms with Gasteiger partial charge in [-0.2, -0.15) is 9.90 Å². The molecule has 0 heterocycles. The van der Waals surface area contributed by atoms with E-state index in [1.54, 1.807) is 0 Å². The summed E-state index contributed by atoms with van der Waals surface area (Å²) in [4.78, 5) is 0. The quantitative estimate of drug-likeness (QED) is 0.361. The summed E-state index contributed by atoms with van der Waals surface area (Å²) in [5.41, 5.74) is 0. The van der Waals surface area contributed by atoms with Crippen molar-refractivity contribution in [3.05, 3.63) is 0 Å². The molecule has 7 heavy (non-hydrogen) atoms. The Bertz CT molecular complexity index is 53.7. The van der Waals surface area contributed by atoms with Crippen molar-refractivity contribution in [2.45, 2.75) is 19.8 Å². The highest BCUT2D eigenvalue weighted by molar-refractivity contribution is 8.11. The Morgan fingerprint density at radius 1 is 1.71 bits per heavy atom. The fraction of sp³-hybridized carbons (Fsp3) is 0.750. The largest absolute Gasteiger partial charge is 0.153 e. The van der Waals surface area contributed by atoms with Gasteiger partial charge in [-0.1, -0.05) is 25.6 Å². The Morgan fingerprint density at radius 3 is 2.14 bits per heavy atom. The molecule has 0 aliphatic carbocycles. The molecule has 0 saturated heterocycles. The van der Waals surface area contributed by atoms with Crippen molar-refractivity contribution >= 4 is 38.9 Å². The second-order valence-corrected chi connectivity index (χ2v) is 2.48. The third-order valence-corrected chi connectivity index (χ3v) is 0.892. The molecule has 1 unspecified atom stereocenters. The molecule has 0 fully saturated rings. The molecule has 0 aromatic heterocycles. The first-order valence-corrected chi connectivity index (χ1v) is 2.84. The summed E-state index contributed by atoms with van der Waals surface area (Å²) in [7, 11) is 0. The summed E-state index contributed by atoms with van der Waals surface area (Å²) < 4.78 is 0.817. The lowest BCUT2D eigenvalue weighted by molar-refractivity contribution is 1.01. The molecule has 44 valence electrons. The standard InChI is InChI=1S/C4H8S2.H3P/c1-2-3-4(5)6;/h2-3H2,1H3,(H,5,6);1H3. The Morgan fingerprint density at radius 2 is 2.14 bits per heavy atom. The van der Waals surface area contributed by atoms with Crippen LogP contribution < -0.4 is 0 Å². The molecular formula is C4H11PS2. The van der Waals surface area contributed by atoms with E-state index >= 15 is 0 Å². The minimum absolute atomic E-state index is 0. The van der Waals surface area contributed by atoms with E-state index in [4.69, 9.17) is 0 Å². The van der Waals surface area contributed by atoms with Crippen molar-refractivity contribution in [3.8, 4) is 0 Å². The Kier molecular flexibility index (Phi) is 10.6. The molecule has 0 bridgehead atoms. The van der Waals surface area contributed by atoms with E-state index in [1.807, 2.05) is 0 Å². The van der Waals surface area contributed by atoms with Crippen LogP contribution in [-0.4, -0.2) is 4.20 Å². The van der Waals surface area contributed by atoms with Gasteiger partial charge in [-0.15, -0.1) is 12.6 Å². The van der Waals surface area contributed by atoms with Crippen LogP contribution in [0.2, 0.25) is 0 Å². The summed E-state index contributed by atoms with van der Waals surface area (Å²) in [6.07, 6.45) is 2.08. The molecule has 0 nitrogen and oxygen atoms in total. The van der Waals surface area contributed by atoms with Gasteiger partial charge in [0.05, 0.1) is 0 Å². The van der Waals surface area contributed by atoms with E-state index < -0.39 is 0 Å². The minimum atomic E-state index is 0. The maximum Gasteiger partial charge on any atom is 0.0447 e. The van der Waals surface area contributed by atoms with Crippen molar-refractivity contribution in [1.82, 2.24) is 0 Å². The monoisotopic (exact) mass is 154 g/mol. The highest BCUT2D eigenvalue weighted by Gasteiger charge is 1.80. The normalized spacial score (nSPS) is 7.14. The van der Waals surface area contributed by atoms with Gasteiger partial charge in [0.1, 0.15) is 0 Å². The van der Waals surface area contributed by atoms with Crippen molar-refractivity contribution in [3.63, 3.8) is 0 Å². The second kappa shape index (κ2) is 6.87. The zero-order chi connectivity index (χ0) is 4.99. The van der Waals surface area contributed by atoms with Crippen molar-refractivity contribution < 1.29 is 0 Å². The lowest BCUT2D eigenvalue weighted by Crippen LogP contribution is -1.75. The van der Waals surface area contributed by atoms with E-state index in [0.29, 0.717) is 0 Å². The average Bonchev–Trinajstić information content (AvgIpc) is 1.35. The first-order valence-electron chi connectivity index (χ1n) is 1.99. The van der Waals surface area contributed by atoms with Crippen molar-refractivity contribution in [2.24, 2.45) is 0 Å². The molecule has 0 amide bonds. The molecule has 0 aliphatic rings. The van der Waals surface area contributed by atoms with Crippen LogP contribution in [0.25, 0.3) is 0 Å². The van der Waals surface area contributed by atoms with Crippen LogP contribution in [0.3, 0.4) is 0 Å². The van der Waals surface area contributed by atoms with Crippen LogP contribution in [0.5, 0.6) is 0 Å². The molecule has 1 atom stereocenters. The van der Waals surface area contributed by atoms with Crippen LogP contribution in [0, 0.1) is 0 Å². The maximum absolute atomic E-state index is 4.66. The predicted octanol–water partition coefficient (Wildman–Crippen LogP) is 2.10. The number of hydrogen-bond acceptors (Lipinski definition) is 1. The molecule has 0 saturated carbocycles. The topological polar surface area (TPSA) is 0 Å². The highest BCUT2D eigenvalue weighted by atomic mass is 32.1. The Hall–Kier alpha value is 0.870. The summed E-state index contributed by atoms with van der Waals surface area (Å²) >= 11 is 8.57. The van der Waals surface area contributed by atoms with Gasteiger partial charge in [-0.3, -0.25) is 0 Å². The van der Waals surface area contributed by atoms with E-state index in [0.717, 1.165) is 17.0 Å². The summed E-state index contributed by atoms with van der Waals surface area (Å²) in [6.45, 7) is 2.09. The molecule has 0 N–H and O–H groups in total. The van der Waals surface area contributed by atoms with Crippen LogP contribution in [0.15, 0.2) is 0 Å². The summed E-state index contributed by atoms with van der Waals surface area (Å²) in [6, 6.07) is 0. The van der Waals surface area contributed by atoms with Crippen LogP contribution in [-0.2, 0) is 0 Å². The second-order valence-electron chi connectivity index (χ2n) is 1.14. The average molecular weight is 154 g/mol. The van der Waals surface area contributed by atoms with E-state index in [9.17, 15) is 0 Å². The third kappa shape index (κ3) is 10.9. The van der Waals surface area contributed by atoms with Crippen molar-refractivity contribution in [1.29, 1.82) is 0 Å². The van der Waals surface area contributed by atoms with E-state index in [2.05, 4.69) is 31.8 Å². The molecule has 0 spiro atoms. The SMILES string of the molecule is CCCC(=S)S.P. The lowest BCUT2D eigenvalue weighted by atomic mass is 10.4. The van der Waals surface area contributed by atoms with Gasteiger partial charge in [-0.05, 0) is 6.42 Å². The number of thiocarbonyl (C=S) groups is 1. The highest BCUT2D eigenvalue weighted by Crippen LogP contribution is 1.93. The van der Waals surface area contributed by atoms with Gasteiger partial charge in [0, 0.05) is 4.20 Å². The molecule has 0 aromatic carbocycles. The zero-order valence-electron chi connectivity index (χ0n) is 4.48. The fourth-order valence-electron chi connectivity index (χ4n) is 0.214. The molecule has 0 aromatic rings. The fourth-order valence-corrected chi connectivity index (χ4v) is 0.642. The number of hydrogen-bond donors (Lipinski definition) is 1. The van der Waals surface area contributed by atoms with Crippen LogP contribution >= 0.6 is 34.7 Å². The minimum Gasteiger partial charge on any atom is -0.153 e. The number of rotatable bonds is 2. The predicted molar refractivity (Wildman–Crippen MR) is 47.6 cm³/mol. The Labute approximate surface area is 59.1 Å². The van der Waals surface area contributed by atoms with Gasteiger partial charge < -0.3 is 0 Å². The molecule has 0 radical (unpaired) electrons. The molecule has 0 aliphatic heterocycles. The van der Waals surface area contributed by atoms with E-state index in [-0.39, 0.29) is 9.90 Å². The molecule has 0 rings (SSSR count). The van der Waals surface area contributed by atoms with Gasteiger partial charge in [0.15, 0.2) is 0 Å². The third-order valence-electron chi connectivity index (χ3n) is 0.464. The number of thiol groups is 1. The van der Waals surface area contributed by atoms with Crippen LogP contribution in [0.1, 0.15) is 19.8 Å². The van der Waals surface area contributed by atoms with Gasteiger partial charge in [-0.25, -0.2) is 0 Å². The smallest absolute Gasteiger partial charge is 0.0447 e. The Balaban J connectivity index is 0. The van der Waals surface area contributed by atoms with Gasteiger partial charge >= 0.3 is 0 Å². The van der Waals surface area contributed by atoms with Gasteiger partial charge in [0.25, 0.3) is 0 Å². The van der Waals surface area contributed by atoms with Crippen molar-refractivity contribution in [2.75, 3.05) is 0 Å². The zero-order valence-corrected chi connectivity index (χ0v) is 7.60. The van der Waals surface area contributed by atoms with Crippen LogP contribution in [0.4, 0.5) is 0 Å². The first-order chi connectivity index (χ1) is 2.77. The lowest BCUT2D eigenvalue weighted by Gasteiger charge is -1.83.